The van der Waals surface area contributed by atoms with Crippen LogP contribution in [0.5, 0.6) is 17.2 Å². The average molecular weight is 325 g/mol. The van der Waals surface area contributed by atoms with Crippen LogP contribution in [0.3, 0.4) is 0 Å². The number of rotatable bonds is 2. The fourth-order valence-electron chi connectivity index (χ4n) is 3.58. The summed E-state index contributed by atoms with van der Waals surface area (Å²) in [5, 5.41) is 3.64. The lowest BCUT2D eigenvalue weighted by Crippen LogP contribution is -2.31. The van der Waals surface area contributed by atoms with Crippen LogP contribution in [0.2, 0.25) is 0 Å². The van der Waals surface area contributed by atoms with Crippen molar-refractivity contribution in [2.75, 3.05) is 26.9 Å². The number of ether oxygens (including phenoxy) is 3. The summed E-state index contributed by atoms with van der Waals surface area (Å²) < 4.78 is 17.2. The monoisotopic (exact) mass is 325 g/mol. The number of methoxy groups -OCH3 is 1. The molecule has 2 aliphatic rings. The second-order valence-electron chi connectivity index (χ2n) is 6.51. The molecule has 0 spiro atoms. The Morgan fingerprint density at radius 3 is 2.42 bits per heavy atom. The Hall–Kier alpha value is -2.20. The summed E-state index contributed by atoms with van der Waals surface area (Å²) in [7, 11) is 1.74. The van der Waals surface area contributed by atoms with Crippen LogP contribution in [-0.4, -0.2) is 26.9 Å². The van der Waals surface area contributed by atoms with Crippen molar-refractivity contribution in [1.29, 1.82) is 0 Å². The quantitative estimate of drug-likeness (QED) is 0.919. The van der Waals surface area contributed by atoms with Gasteiger partial charge in [0, 0.05) is 12.1 Å². The topological polar surface area (TPSA) is 39.7 Å². The van der Waals surface area contributed by atoms with Crippen molar-refractivity contribution >= 4 is 0 Å². The third kappa shape index (κ3) is 2.51. The van der Waals surface area contributed by atoms with Crippen molar-refractivity contribution in [1.82, 2.24) is 5.32 Å². The summed E-state index contributed by atoms with van der Waals surface area (Å²) in [4.78, 5) is 0. The Balaban J connectivity index is 1.83. The van der Waals surface area contributed by atoms with Gasteiger partial charge in [0.25, 0.3) is 0 Å². The molecule has 0 radical (unpaired) electrons. The predicted octanol–water partition coefficient (Wildman–Crippen LogP) is 3.32. The van der Waals surface area contributed by atoms with Crippen LogP contribution in [0, 0.1) is 13.8 Å². The van der Waals surface area contributed by atoms with Crippen molar-refractivity contribution < 1.29 is 14.2 Å². The molecule has 4 heteroatoms. The highest BCUT2D eigenvalue weighted by atomic mass is 16.6. The van der Waals surface area contributed by atoms with Gasteiger partial charge in [-0.2, -0.15) is 0 Å². The van der Waals surface area contributed by atoms with Gasteiger partial charge in [-0.05, 0) is 60.7 Å². The highest BCUT2D eigenvalue weighted by molar-refractivity contribution is 5.54. The van der Waals surface area contributed by atoms with Gasteiger partial charge in [-0.3, -0.25) is 0 Å². The van der Waals surface area contributed by atoms with E-state index in [1.807, 2.05) is 0 Å². The molecule has 2 aliphatic heterocycles. The third-order valence-corrected chi connectivity index (χ3v) is 5.01. The molecule has 0 fully saturated rings. The second-order valence-corrected chi connectivity index (χ2v) is 6.51. The number of benzene rings is 2. The fourth-order valence-corrected chi connectivity index (χ4v) is 3.58. The van der Waals surface area contributed by atoms with Gasteiger partial charge >= 0.3 is 0 Å². The standard InChI is InChI=1S/C20H23NO3/c1-12-8-16(17(22-3)9-13(12)2)20-15-11-19-18(23-6-7-24-19)10-14(15)4-5-21-20/h8-11,20-21H,4-7H2,1-3H3. The summed E-state index contributed by atoms with van der Waals surface area (Å²) in [6.07, 6.45) is 0.996. The van der Waals surface area contributed by atoms with E-state index in [1.54, 1.807) is 7.11 Å². The van der Waals surface area contributed by atoms with Crippen LogP contribution in [0.15, 0.2) is 24.3 Å². The van der Waals surface area contributed by atoms with E-state index in [0.717, 1.165) is 30.2 Å². The summed E-state index contributed by atoms with van der Waals surface area (Å²) in [6.45, 7) is 6.43. The van der Waals surface area contributed by atoms with E-state index >= 15 is 0 Å². The molecule has 2 heterocycles. The molecule has 0 saturated carbocycles. The first-order valence-corrected chi connectivity index (χ1v) is 8.48. The van der Waals surface area contributed by atoms with Crippen molar-refractivity contribution in [2.45, 2.75) is 26.3 Å². The summed E-state index contributed by atoms with van der Waals surface area (Å²) in [6, 6.07) is 8.75. The maximum Gasteiger partial charge on any atom is 0.161 e. The zero-order valence-corrected chi connectivity index (χ0v) is 14.4. The first-order chi connectivity index (χ1) is 11.7. The first kappa shape index (κ1) is 15.3. The minimum absolute atomic E-state index is 0.110. The van der Waals surface area contributed by atoms with Crippen LogP contribution in [-0.2, 0) is 6.42 Å². The van der Waals surface area contributed by atoms with Crippen molar-refractivity contribution in [3.63, 3.8) is 0 Å². The van der Waals surface area contributed by atoms with E-state index in [4.69, 9.17) is 14.2 Å². The van der Waals surface area contributed by atoms with Gasteiger partial charge in [0.15, 0.2) is 11.5 Å². The van der Waals surface area contributed by atoms with Crippen molar-refractivity contribution in [3.8, 4) is 17.2 Å². The molecule has 1 atom stereocenters. The molecule has 1 unspecified atom stereocenters. The Bertz CT molecular complexity index is 785. The number of aryl methyl sites for hydroxylation is 2. The highest BCUT2D eigenvalue weighted by Gasteiger charge is 2.27. The molecule has 0 aliphatic carbocycles. The van der Waals surface area contributed by atoms with Gasteiger partial charge in [-0.1, -0.05) is 6.07 Å². The fraction of sp³-hybridized carbons (Fsp3) is 0.400. The minimum atomic E-state index is 0.110. The molecular weight excluding hydrogens is 302 g/mol. The number of hydrogen-bond donors (Lipinski definition) is 1. The smallest absolute Gasteiger partial charge is 0.161 e. The van der Waals surface area contributed by atoms with E-state index in [0.29, 0.717) is 13.2 Å². The largest absolute Gasteiger partial charge is 0.496 e. The Kier molecular flexibility index (Phi) is 3.85. The van der Waals surface area contributed by atoms with Crippen LogP contribution in [0.4, 0.5) is 0 Å². The van der Waals surface area contributed by atoms with Gasteiger partial charge in [-0.25, -0.2) is 0 Å². The van der Waals surface area contributed by atoms with Crippen molar-refractivity contribution in [3.05, 3.63) is 52.1 Å². The van der Waals surface area contributed by atoms with Crippen LogP contribution in [0.1, 0.15) is 33.9 Å². The molecular formula is C20H23NO3. The SMILES string of the molecule is COc1cc(C)c(C)cc1C1NCCc2cc3c(cc21)OCCO3. The maximum atomic E-state index is 5.79. The molecule has 0 aromatic heterocycles. The van der Waals surface area contributed by atoms with E-state index in [1.165, 1.54) is 27.8 Å². The second kappa shape index (κ2) is 6.02. The zero-order valence-electron chi connectivity index (χ0n) is 14.4. The Morgan fingerprint density at radius 2 is 1.67 bits per heavy atom. The van der Waals surface area contributed by atoms with Crippen LogP contribution in [0.25, 0.3) is 0 Å². The van der Waals surface area contributed by atoms with Crippen molar-refractivity contribution in [2.24, 2.45) is 0 Å². The maximum absolute atomic E-state index is 5.79. The van der Waals surface area contributed by atoms with Gasteiger partial charge in [0.2, 0.25) is 0 Å². The van der Waals surface area contributed by atoms with E-state index < -0.39 is 0 Å². The van der Waals surface area contributed by atoms with E-state index in [-0.39, 0.29) is 6.04 Å². The summed E-state index contributed by atoms with van der Waals surface area (Å²) in [5.41, 5.74) is 6.28. The summed E-state index contributed by atoms with van der Waals surface area (Å²) in [5.74, 6) is 2.64. The molecule has 0 bridgehead atoms. The lowest BCUT2D eigenvalue weighted by molar-refractivity contribution is 0.171. The van der Waals surface area contributed by atoms with E-state index in [9.17, 15) is 0 Å². The predicted molar refractivity (Wildman–Crippen MR) is 93.4 cm³/mol. The van der Waals surface area contributed by atoms with Crippen LogP contribution >= 0.6 is 0 Å². The van der Waals surface area contributed by atoms with Gasteiger partial charge in [-0.15, -0.1) is 0 Å². The molecule has 2 aromatic rings. The minimum Gasteiger partial charge on any atom is -0.496 e. The molecule has 0 saturated heterocycles. The zero-order chi connectivity index (χ0) is 16.7. The molecule has 2 aromatic carbocycles. The Morgan fingerprint density at radius 1 is 0.958 bits per heavy atom. The summed E-state index contributed by atoms with van der Waals surface area (Å²) >= 11 is 0. The number of nitrogens with one attached hydrogen (secondary N) is 1. The molecule has 0 amide bonds. The molecule has 126 valence electrons. The first-order valence-electron chi connectivity index (χ1n) is 8.48. The molecule has 1 N–H and O–H groups in total. The lowest BCUT2D eigenvalue weighted by Gasteiger charge is -2.31. The number of hydrogen-bond acceptors (Lipinski definition) is 4. The van der Waals surface area contributed by atoms with Crippen LogP contribution < -0.4 is 19.5 Å². The third-order valence-electron chi connectivity index (χ3n) is 5.01. The molecule has 4 nitrogen and oxygen atoms in total. The average Bonchev–Trinajstić information content (AvgIpc) is 2.61. The normalized spacial score (nSPS) is 18.9. The lowest BCUT2D eigenvalue weighted by atomic mass is 9.87. The highest BCUT2D eigenvalue weighted by Crippen LogP contribution is 2.41. The van der Waals surface area contributed by atoms with Gasteiger partial charge in [0.1, 0.15) is 19.0 Å². The van der Waals surface area contributed by atoms with E-state index in [2.05, 4.69) is 43.4 Å². The number of fused-ring (bicyclic) bond motifs is 2. The molecule has 4 rings (SSSR count). The molecule has 24 heavy (non-hydrogen) atoms. The van der Waals surface area contributed by atoms with Gasteiger partial charge in [0.05, 0.1) is 13.2 Å². The Labute approximate surface area is 142 Å². The van der Waals surface area contributed by atoms with Gasteiger partial charge < -0.3 is 19.5 Å².